The summed E-state index contributed by atoms with van der Waals surface area (Å²) < 4.78 is 13.4. The van der Waals surface area contributed by atoms with Gasteiger partial charge in [0.2, 0.25) is 0 Å². The minimum atomic E-state index is -0.116. The highest BCUT2D eigenvalue weighted by Crippen LogP contribution is 2.13. The maximum absolute atomic E-state index is 13.4. The molecule has 0 radical (unpaired) electrons. The van der Waals surface area contributed by atoms with E-state index in [1.807, 2.05) is 12.1 Å². The second kappa shape index (κ2) is 6.55. The molecular formula is C15H20FN. The van der Waals surface area contributed by atoms with Crippen molar-refractivity contribution >= 4 is 0 Å². The lowest BCUT2D eigenvalue weighted by molar-refractivity contribution is 0.499. The maximum atomic E-state index is 13.4. The minimum Gasteiger partial charge on any atom is -0.306 e. The largest absolute Gasteiger partial charge is 0.306 e. The number of allylic oxidation sites excluding steroid dienone is 1. The summed E-state index contributed by atoms with van der Waals surface area (Å²) in [5.41, 5.74) is 0.753. The van der Waals surface area contributed by atoms with Crippen LogP contribution in [-0.2, 0) is 6.54 Å². The van der Waals surface area contributed by atoms with Gasteiger partial charge in [0.25, 0.3) is 0 Å². The van der Waals surface area contributed by atoms with Crippen LogP contribution < -0.4 is 5.32 Å². The first-order valence-corrected chi connectivity index (χ1v) is 6.50. The molecule has 0 aromatic heterocycles. The smallest absolute Gasteiger partial charge is 0.127 e. The van der Waals surface area contributed by atoms with Crippen LogP contribution in [0.25, 0.3) is 0 Å². The summed E-state index contributed by atoms with van der Waals surface area (Å²) in [7, 11) is 0. The lowest BCUT2D eigenvalue weighted by atomic mass is 10.0. The fourth-order valence-corrected chi connectivity index (χ4v) is 2.21. The van der Waals surface area contributed by atoms with Gasteiger partial charge in [-0.25, -0.2) is 4.39 Å². The van der Waals surface area contributed by atoms with Crippen LogP contribution in [-0.4, -0.2) is 6.04 Å². The molecule has 2 rings (SSSR count). The molecule has 1 aliphatic carbocycles. The molecule has 1 nitrogen and oxygen atoms in total. The summed E-state index contributed by atoms with van der Waals surface area (Å²) in [5, 5.41) is 3.42. The summed E-state index contributed by atoms with van der Waals surface area (Å²) in [5.74, 6) is -0.116. The van der Waals surface area contributed by atoms with E-state index in [1.165, 1.54) is 31.7 Å². The highest BCUT2D eigenvalue weighted by Gasteiger charge is 2.07. The van der Waals surface area contributed by atoms with E-state index in [0.717, 1.165) is 12.0 Å². The second-order valence-corrected chi connectivity index (χ2v) is 4.64. The van der Waals surface area contributed by atoms with Crippen molar-refractivity contribution in [2.24, 2.45) is 0 Å². The quantitative estimate of drug-likeness (QED) is 0.783. The van der Waals surface area contributed by atoms with Crippen LogP contribution in [0.1, 0.15) is 37.7 Å². The molecule has 0 heterocycles. The van der Waals surface area contributed by atoms with Crippen molar-refractivity contribution in [1.82, 2.24) is 5.32 Å². The standard InChI is InChI=1S/C15H20FN/c16-15-11-7-6-8-13(15)12-17-14-9-4-2-1-3-5-10-14/h4,6-9,11,14,17H,1-3,5,10,12H2/b9-4+. The summed E-state index contributed by atoms with van der Waals surface area (Å²) in [6.07, 6.45) is 10.7. The molecule has 1 aromatic carbocycles. The van der Waals surface area contributed by atoms with Gasteiger partial charge in [-0.1, -0.05) is 43.2 Å². The number of benzene rings is 1. The van der Waals surface area contributed by atoms with Gasteiger partial charge in [-0.3, -0.25) is 0 Å². The average molecular weight is 233 g/mol. The van der Waals surface area contributed by atoms with Gasteiger partial charge in [-0.05, 0) is 25.3 Å². The van der Waals surface area contributed by atoms with E-state index >= 15 is 0 Å². The summed E-state index contributed by atoms with van der Waals surface area (Å²) in [6.45, 7) is 0.613. The van der Waals surface area contributed by atoms with Crippen molar-refractivity contribution in [1.29, 1.82) is 0 Å². The van der Waals surface area contributed by atoms with Crippen LogP contribution in [0.2, 0.25) is 0 Å². The molecule has 92 valence electrons. The Labute approximate surface area is 103 Å². The zero-order valence-electron chi connectivity index (χ0n) is 10.2. The number of nitrogens with one attached hydrogen (secondary N) is 1. The van der Waals surface area contributed by atoms with Gasteiger partial charge < -0.3 is 5.32 Å². The number of rotatable bonds is 3. The minimum absolute atomic E-state index is 0.116. The third-order valence-corrected chi connectivity index (χ3v) is 3.27. The molecule has 1 aromatic rings. The van der Waals surface area contributed by atoms with E-state index in [2.05, 4.69) is 17.5 Å². The van der Waals surface area contributed by atoms with Crippen LogP contribution in [0.4, 0.5) is 4.39 Å². The predicted octanol–water partition coefficient (Wildman–Crippen LogP) is 3.80. The zero-order chi connectivity index (χ0) is 11.9. The molecular weight excluding hydrogens is 213 g/mol. The molecule has 0 bridgehead atoms. The Morgan fingerprint density at radius 2 is 2.06 bits per heavy atom. The summed E-state index contributed by atoms with van der Waals surface area (Å²) in [4.78, 5) is 0. The second-order valence-electron chi connectivity index (χ2n) is 4.64. The Morgan fingerprint density at radius 1 is 1.18 bits per heavy atom. The normalized spacial score (nSPS) is 22.8. The van der Waals surface area contributed by atoms with Crippen LogP contribution in [0, 0.1) is 5.82 Å². The molecule has 0 aliphatic heterocycles. The first-order valence-electron chi connectivity index (χ1n) is 6.50. The van der Waals surface area contributed by atoms with Crippen molar-refractivity contribution in [3.63, 3.8) is 0 Å². The molecule has 0 saturated heterocycles. The van der Waals surface area contributed by atoms with Crippen molar-refractivity contribution in [3.05, 3.63) is 47.8 Å². The number of hydrogen-bond acceptors (Lipinski definition) is 1. The van der Waals surface area contributed by atoms with Crippen LogP contribution in [0.3, 0.4) is 0 Å². The van der Waals surface area contributed by atoms with Gasteiger partial charge in [-0.15, -0.1) is 0 Å². The van der Waals surface area contributed by atoms with Crippen molar-refractivity contribution < 1.29 is 4.39 Å². The highest BCUT2D eigenvalue weighted by atomic mass is 19.1. The molecule has 1 aliphatic rings. The number of halogens is 1. The zero-order valence-corrected chi connectivity index (χ0v) is 10.2. The van der Waals surface area contributed by atoms with Crippen molar-refractivity contribution in [3.8, 4) is 0 Å². The predicted molar refractivity (Wildman–Crippen MR) is 69.3 cm³/mol. The lowest BCUT2D eigenvalue weighted by Crippen LogP contribution is -2.27. The van der Waals surface area contributed by atoms with Gasteiger partial charge in [0, 0.05) is 18.2 Å². The molecule has 17 heavy (non-hydrogen) atoms. The van der Waals surface area contributed by atoms with E-state index in [9.17, 15) is 4.39 Å². The Kier molecular flexibility index (Phi) is 4.75. The van der Waals surface area contributed by atoms with Gasteiger partial charge in [0.05, 0.1) is 0 Å². The molecule has 0 amide bonds. The Balaban J connectivity index is 1.88. The Morgan fingerprint density at radius 3 is 2.94 bits per heavy atom. The fourth-order valence-electron chi connectivity index (χ4n) is 2.21. The van der Waals surface area contributed by atoms with Gasteiger partial charge in [-0.2, -0.15) is 0 Å². The van der Waals surface area contributed by atoms with Crippen LogP contribution in [0.5, 0.6) is 0 Å². The average Bonchev–Trinajstić information content (AvgIpc) is 2.29. The van der Waals surface area contributed by atoms with Crippen molar-refractivity contribution in [2.45, 2.75) is 44.7 Å². The third kappa shape index (κ3) is 3.97. The van der Waals surface area contributed by atoms with Gasteiger partial charge in [0.15, 0.2) is 0 Å². The first-order chi connectivity index (χ1) is 8.36. The monoisotopic (exact) mass is 233 g/mol. The van der Waals surface area contributed by atoms with E-state index < -0.39 is 0 Å². The molecule has 2 heteroatoms. The molecule has 0 spiro atoms. The van der Waals surface area contributed by atoms with Crippen molar-refractivity contribution in [2.75, 3.05) is 0 Å². The number of hydrogen-bond donors (Lipinski definition) is 1. The van der Waals surface area contributed by atoms with E-state index in [-0.39, 0.29) is 5.82 Å². The maximum Gasteiger partial charge on any atom is 0.127 e. The fraction of sp³-hybridized carbons (Fsp3) is 0.467. The lowest BCUT2D eigenvalue weighted by Gasteiger charge is -2.17. The first kappa shape index (κ1) is 12.3. The highest BCUT2D eigenvalue weighted by molar-refractivity contribution is 5.17. The van der Waals surface area contributed by atoms with Gasteiger partial charge in [0.1, 0.15) is 5.82 Å². The summed E-state index contributed by atoms with van der Waals surface area (Å²) in [6, 6.07) is 7.37. The SMILES string of the molecule is Fc1ccccc1CNC1/C=C/CCCCC1. The topological polar surface area (TPSA) is 12.0 Å². The molecule has 1 N–H and O–H groups in total. The van der Waals surface area contributed by atoms with Crippen LogP contribution in [0.15, 0.2) is 36.4 Å². The molecule has 0 saturated carbocycles. The molecule has 0 fully saturated rings. The summed E-state index contributed by atoms with van der Waals surface area (Å²) >= 11 is 0. The Bertz CT molecular complexity index is 373. The third-order valence-electron chi connectivity index (χ3n) is 3.27. The van der Waals surface area contributed by atoms with Crippen LogP contribution >= 0.6 is 0 Å². The Hall–Kier alpha value is -1.15. The van der Waals surface area contributed by atoms with E-state index in [1.54, 1.807) is 6.07 Å². The van der Waals surface area contributed by atoms with Gasteiger partial charge >= 0.3 is 0 Å². The van der Waals surface area contributed by atoms with E-state index in [0.29, 0.717) is 12.6 Å². The van der Waals surface area contributed by atoms with E-state index in [4.69, 9.17) is 0 Å². The molecule has 1 unspecified atom stereocenters. The molecule has 1 atom stereocenters.